The highest BCUT2D eigenvalue weighted by atomic mass is 32.1. The predicted octanol–water partition coefficient (Wildman–Crippen LogP) is 4.66. The van der Waals surface area contributed by atoms with Crippen LogP contribution in [-0.2, 0) is 0 Å². The highest BCUT2D eigenvalue weighted by Crippen LogP contribution is 2.26. The third kappa shape index (κ3) is 3.45. The molecule has 0 bridgehead atoms. The van der Waals surface area contributed by atoms with Crippen LogP contribution in [-0.4, -0.2) is 13.6 Å². The lowest BCUT2D eigenvalue weighted by Gasteiger charge is -2.16. The molecule has 1 heterocycles. The maximum Gasteiger partial charge on any atom is 0.0667 e. The largest absolute Gasteiger partial charge is 0.143 e. The summed E-state index contributed by atoms with van der Waals surface area (Å²) in [4.78, 5) is 2.01. The first-order valence-corrected chi connectivity index (χ1v) is 10.8. The summed E-state index contributed by atoms with van der Waals surface area (Å²) in [6.07, 6.45) is 4.70. The van der Waals surface area contributed by atoms with Gasteiger partial charge < -0.3 is 0 Å². The first-order valence-electron chi connectivity index (χ1n) is 8.28. The molecule has 0 saturated heterocycles. The second-order valence-electron chi connectivity index (χ2n) is 6.17. The molecule has 0 spiro atoms. The van der Waals surface area contributed by atoms with Gasteiger partial charge in [0.1, 0.15) is 0 Å². The van der Waals surface area contributed by atoms with Gasteiger partial charge in [0.25, 0.3) is 0 Å². The quantitative estimate of drug-likeness (QED) is 0.483. The van der Waals surface area contributed by atoms with E-state index >= 15 is 0 Å². The van der Waals surface area contributed by atoms with Crippen LogP contribution in [0.4, 0.5) is 0 Å². The Hall–Kier alpha value is -1.81. The van der Waals surface area contributed by atoms with Crippen molar-refractivity contribution >= 4 is 44.0 Å². The van der Waals surface area contributed by atoms with Gasteiger partial charge in [-0.3, -0.25) is 0 Å². The van der Waals surface area contributed by atoms with Crippen LogP contribution >= 0.6 is 25.3 Å². The van der Waals surface area contributed by atoms with Crippen molar-refractivity contribution in [2.45, 2.75) is 15.3 Å². The lowest BCUT2D eigenvalue weighted by atomic mass is 10.1. The van der Waals surface area contributed by atoms with Gasteiger partial charge in [-0.1, -0.05) is 66.7 Å². The monoisotopic (exact) mass is 374 g/mol. The first-order chi connectivity index (χ1) is 12.2. The van der Waals surface area contributed by atoms with Crippen LogP contribution in [0.3, 0.4) is 0 Å². The van der Waals surface area contributed by atoms with Gasteiger partial charge in [-0.05, 0) is 45.7 Å². The van der Waals surface area contributed by atoms with E-state index in [0.29, 0.717) is 5.54 Å². The Balaban J connectivity index is 1.87. The summed E-state index contributed by atoms with van der Waals surface area (Å²) in [6, 6.07) is 28.1. The van der Waals surface area contributed by atoms with Crippen LogP contribution in [0, 0.1) is 0 Å². The average Bonchev–Trinajstić information content (AvgIpc) is 3.09. The van der Waals surface area contributed by atoms with Crippen molar-refractivity contribution < 1.29 is 0 Å². The molecule has 0 N–H and O–H groups in total. The fraction of sp³-hybridized carbons (Fsp3) is 0.0455. The third-order valence-corrected chi connectivity index (χ3v) is 8.31. The molecule has 25 heavy (non-hydrogen) atoms. The van der Waals surface area contributed by atoms with Gasteiger partial charge >= 0.3 is 0 Å². The molecular weight excluding hydrogens is 356 g/mol. The highest BCUT2D eigenvalue weighted by molar-refractivity contribution is 7.80. The Bertz CT molecular complexity index is 940. The van der Waals surface area contributed by atoms with Crippen LogP contribution < -0.4 is 5.19 Å². The van der Waals surface area contributed by atoms with Gasteiger partial charge in [0.15, 0.2) is 0 Å². The van der Waals surface area contributed by atoms with E-state index in [9.17, 15) is 0 Å². The number of thiol groups is 2. The van der Waals surface area contributed by atoms with E-state index in [1.54, 1.807) is 0 Å². The molecule has 3 aromatic carbocycles. The summed E-state index contributed by atoms with van der Waals surface area (Å²) < 4.78 is 0. The highest BCUT2D eigenvalue weighted by Gasteiger charge is 2.25. The molecule has 4 rings (SSSR count). The number of hydrogen-bond donors (Lipinski definition) is 2. The number of benzene rings is 3. The molecule has 3 heteroatoms. The number of allylic oxidation sites excluding steroid dienone is 2. The van der Waals surface area contributed by atoms with Crippen molar-refractivity contribution in [1.82, 2.24) is 0 Å². The van der Waals surface area contributed by atoms with Crippen molar-refractivity contribution in [2.75, 3.05) is 0 Å². The third-order valence-electron chi connectivity index (χ3n) is 4.57. The molecule has 0 aromatic heterocycles. The normalized spacial score (nSPS) is 16.5. The maximum atomic E-state index is 4.43. The summed E-state index contributed by atoms with van der Waals surface area (Å²) in [6.45, 7) is 0. The van der Waals surface area contributed by atoms with E-state index in [2.05, 4.69) is 116 Å². The van der Waals surface area contributed by atoms with E-state index in [-0.39, 0.29) is 0 Å². The fourth-order valence-corrected chi connectivity index (χ4v) is 6.77. The standard InChI is InChI=1S/C22H18S2Si/c23-18-10-6-16(7-11-18)21-14-15-22(17-8-12-19(24)13-9-17)25(21)20-4-2-1-3-5-20/h1-15,21,23-24H. The van der Waals surface area contributed by atoms with Crippen LogP contribution in [0.1, 0.15) is 16.7 Å². The molecule has 3 aromatic rings. The Morgan fingerprint density at radius 2 is 1.28 bits per heavy atom. The summed E-state index contributed by atoms with van der Waals surface area (Å²) in [7, 11) is -0.941. The zero-order valence-corrected chi connectivity index (χ0v) is 16.4. The molecule has 122 valence electrons. The smallest absolute Gasteiger partial charge is 0.0667 e. The molecule has 0 fully saturated rings. The van der Waals surface area contributed by atoms with Crippen LogP contribution in [0.15, 0.2) is 101 Å². The Labute approximate surface area is 161 Å². The minimum Gasteiger partial charge on any atom is -0.143 e. The van der Waals surface area contributed by atoms with E-state index < -0.39 is 8.41 Å². The van der Waals surface area contributed by atoms with Crippen LogP contribution in [0.5, 0.6) is 0 Å². The molecule has 0 radical (unpaired) electrons. The van der Waals surface area contributed by atoms with Gasteiger partial charge in [-0.25, -0.2) is 0 Å². The van der Waals surface area contributed by atoms with Crippen LogP contribution in [0.2, 0.25) is 0 Å². The molecule has 1 aliphatic rings. The van der Waals surface area contributed by atoms with Crippen molar-refractivity contribution in [3.05, 3.63) is 102 Å². The second-order valence-corrected chi connectivity index (χ2v) is 9.77. The molecule has 0 aliphatic carbocycles. The number of rotatable bonds is 3. The molecule has 1 unspecified atom stereocenters. The van der Waals surface area contributed by atoms with Crippen molar-refractivity contribution in [1.29, 1.82) is 0 Å². The Kier molecular flexibility index (Phi) is 4.79. The Morgan fingerprint density at radius 3 is 1.92 bits per heavy atom. The number of hydrogen-bond acceptors (Lipinski definition) is 2. The van der Waals surface area contributed by atoms with Crippen LogP contribution in [0.25, 0.3) is 0 Å². The molecule has 1 aliphatic heterocycles. The molecular formula is C22H18S2Si. The van der Waals surface area contributed by atoms with Gasteiger partial charge in [0, 0.05) is 15.3 Å². The average molecular weight is 375 g/mol. The minimum atomic E-state index is -0.941. The van der Waals surface area contributed by atoms with E-state index in [1.807, 2.05) is 0 Å². The second kappa shape index (κ2) is 7.20. The summed E-state index contributed by atoms with van der Waals surface area (Å²) in [5.74, 6) is 0. The lowest BCUT2D eigenvalue weighted by molar-refractivity contribution is 1.19. The molecule has 0 amide bonds. The summed E-state index contributed by atoms with van der Waals surface area (Å²) in [5.41, 5.74) is 3.11. The van der Waals surface area contributed by atoms with Gasteiger partial charge in [0.2, 0.25) is 0 Å². The van der Waals surface area contributed by atoms with Gasteiger partial charge in [-0.15, -0.1) is 25.3 Å². The predicted molar refractivity (Wildman–Crippen MR) is 115 cm³/mol. The summed E-state index contributed by atoms with van der Waals surface area (Å²) in [5, 5.41) is 2.91. The minimum absolute atomic E-state index is 0.437. The van der Waals surface area contributed by atoms with Crippen molar-refractivity contribution in [3.63, 3.8) is 0 Å². The SMILES string of the molecule is Sc1ccc(C2=[Si](c3ccccc3)C(c3ccc(S)cc3)C=C2)cc1. The van der Waals surface area contributed by atoms with Gasteiger partial charge in [0.05, 0.1) is 8.41 Å². The topological polar surface area (TPSA) is 0 Å². The summed E-state index contributed by atoms with van der Waals surface area (Å²) >= 11 is 8.85. The van der Waals surface area contributed by atoms with E-state index in [4.69, 9.17) is 0 Å². The zero-order valence-electron chi connectivity index (χ0n) is 13.6. The zero-order chi connectivity index (χ0) is 17.2. The molecule has 1 atom stereocenters. The van der Waals surface area contributed by atoms with E-state index in [0.717, 1.165) is 9.79 Å². The van der Waals surface area contributed by atoms with Crippen molar-refractivity contribution in [3.8, 4) is 0 Å². The van der Waals surface area contributed by atoms with E-state index in [1.165, 1.54) is 21.5 Å². The molecule has 0 saturated carbocycles. The first kappa shape index (κ1) is 16.6. The fourth-order valence-electron chi connectivity index (χ4n) is 3.35. The maximum absolute atomic E-state index is 4.43. The van der Waals surface area contributed by atoms with Gasteiger partial charge in [-0.2, -0.15) is 0 Å². The Morgan fingerprint density at radius 1 is 0.680 bits per heavy atom. The lowest BCUT2D eigenvalue weighted by Crippen LogP contribution is -2.31. The van der Waals surface area contributed by atoms with Crippen molar-refractivity contribution in [2.24, 2.45) is 0 Å². The molecule has 0 nitrogen and oxygen atoms in total.